The summed E-state index contributed by atoms with van der Waals surface area (Å²) in [5.41, 5.74) is 5.70. The minimum Gasteiger partial charge on any atom is -0.376 e. The Morgan fingerprint density at radius 2 is 2.46 bits per heavy atom. The first-order valence-electron chi connectivity index (χ1n) is 4.35. The Labute approximate surface area is 77.7 Å². The van der Waals surface area contributed by atoms with E-state index in [-0.39, 0.29) is 12.0 Å². The number of rotatable bonds is 3. The number of ether oxygens (including phenoxy) is 1. The van der Waals surface area contributed by atoms with E-state index < -0.39 is 6.04 Å². The van der Waals surface area contributed by atoms with Crippen molar-refractivity contribution in [1.29, 1.82) is 0 Å². The van der Waals surface area contributed by atoms with Crippen molar-refractivity contribution in [2.24, 2.45) is 5.73 Å². The molecule has 1 rings (SSSR count). The minimum atomic E-state index is -0.604. The maximum atomic E-state index is 11.5. The van der Waals surface area contributed by atoms with Gasteiger partial charge in [-0.25, -0.2) is 5.06 Å². The molecule has 1 fully saturated rings. The molecule has 1 aliphatic heterocycles. The summed E-state index contributed by atoms with van der Waals surface area (Å²) in [7, 11) is 2.97. The van der Waals surface area contributed by atoms with Crippen molar-refractivity contribution >= 4 is 5.91 Å². The molecule has 0 radical (unpaired) electrons. The first-order chi connectivity index (χ1) is 6.16. The van der Waals surface area contributed by atoms with Gasteiger partial charge in [-0.1, -0.05) is 0 Å². The number of amides is 1. The number of carbonyl (C=O) groups excluding carboxylic acids is 1. The van der Waals surface area contributed by atoms with Crippen molar-refractivity contribution in [3.8, 4) is 0 Å². The van der Waals surface area contributed by atoms with E-state index in [2.05, 4.69) is 0 Å². The average Bonchev–Trinajstić information content (AvgIpc) is 2.67. The van der Waals surface area contributed by atoms with Crippen molar-refractivity contribution in [2.75, 3.05) is 20.8 Å². The molecule has 1 aliphatic rings. The van der Waals surface area contributed by atoms with Crippen LogP contribution in [-0.2, 0) is 14.4 Å². The van der Waals surface area contributed by atoms with Crippen LogP contribution in [0.1, 0.15) is 12.8 Å². The van der Waals surface area contributed by atoms with Crippen molar-refractivity contribution in [1.82, 2.24) is 5.06 Å². The Morgan fingerprint density at radius 3 is 2.92 bits per heavy atom. The normalized spacial score (nSPS) is 24.4. The van der Waals surface area contributed by atoms with Gasteiger partial charge in [0.2, 0.25) is 0 Å². The van der Waals surface area contributed by atoms with Crippen LogP contribution in [0.4, 0.5) is 0 Å². The Kier molecular flexibility index (Phi) is 3.65. The molecule has 5 nitrogen and oxygen atoms in total. The van der Waals surface area contributed by atoms with Crippen molar-refractivity contribution in [2.45, 2.75) is 25.0 Å². The molecule has 0 aromatic carbocycles. The quantitative estimate of drug-likeness (QED) is 0.607. The number of hydrogen-bond acceptors (Lipinski definition) is 4. The highest BCUT2D eigenvalue weighted by molar-refractivity contribution is 5.81. The van der Waals surface area contributed by atoms with Gasteiger partial charge in [-0.2, -0.15) is 0 Å². The molecule has 2 N–H and O–H groups in total. The Hall–Kier alpha value is -0.650. The Morgan fingerprint density at radius 1 is 1.77 bits per heavy atom. The number of likely N-dealkylation sites (N-methyl/N-ethyl adjacent to an activating group) is 1. The molecule has 0 bridgehead atoms. The molecule has 2 atom stereocenters. The fourth-order valence-corrected chi connectivity index (χ4v) is 1.34. The first kappa shape index (κ1) is 10.4. The largest absolute Gasteiger partial charge is 0.376 e. The van der Waals surface area contributed by atoms with E-state index in [9.17, 15) is 4.79 Å². The molecule has 1 heterocycles. The molecule has 0 saturated carbocycles. The standard InChI is InChI=1S/C8H16N2O3/c1-10(12-2)8(11)7(9)6-4-3-5-13-6/h6-7H,3-5,9H2,1-2H3/t6-,7-/m0/s1. The molecule has 0 aromatic heterocycles. The van der Waals surface area contributed by atoms with Gasteiger partial charge in [-0.05, 0) is 12.8 Å². The van der Waals surface area contributed by atoms with Crippen LogP contribution in [0.3, 0.4) is 0 Å². The van der Waals surface area contributed by atoms with E-state index in [0.717, 1.165) is 17.9 Å². The number of carbonyl (C=O) groups is 1. The molecule has 76 valence electrons. The summed E-state index contributed by atoms with van der Waals surface area (Å²) in [5.74, 6) is -0.241. The first-order valence-corrected chi connectivity index (χ1v) is 4.35. The fraction of sp³-hybridized carbons (Fsp3) is 0.875. The zero-order valence-electron chi connectivity index (χ0n) is 8.03. The van der Waals surface area contributed by atoms with Gasteiger partial charge in [-0.15, -0.1) is 0 Å². The third-order valence-corrected chi connectivity index (χ3v) is 2.23. The zero-order valence-corrected chi connectivity index (χ0v) is 8.03. The van der Waals surface area contributed by atoms with Gasteiger partial charge in [0.1, 0.15) is 6.04 Å². The molecule has 1 saturated heterocycles. The van der Waals surface area contributed by atoms with Crippen molar-refractivity contribution in [3.63, 3.8) is 0 Å². The van der Waals surface area contributed by atoms with Gasteiger partial charge in [0.15, 0.2) is 0 Å². The number of nitrogens with two attached hydrogens (primary N) is 1. The van der Waals surface area contributed by atoms with Gasteiger partial charge in [0.25, 0.3) is 5.91 Å². The average molecular weight is 188 g/mol. The maximum Gasteiger partial charge on any atom is 0.265 e. The maximum absolute atomic E-state index is 11.5. The molecular weight excluding hydrogens is 172 g/mol. The molecular formula is C8H16N2O3. The van der Waals surface area contributed by atoms with Gasteiger partial charge < -0.3 is 10.5 Å². The van der Waals surface area contributed by atoms with Gasteiger partial charge >= 0.3 is 0 Å². The molecule has 0 unspecified atom stereocenters. The molecule has 0 aromatic rings. The van der Waals surface area contributed by atoms with Crippen LogP contribution < -0.4 is 5.73 Å². The van der Waals surface area contributed by atoms with Crippen LogP contribution in [0.2, 0.25) is 0 Å². The van der Waals surface area contributed by atoms with Gasteiger partial charge in [-0.3, -0.25) is 9.63 Å². The number of nitrogens with zero attached hydrogens (tertiary/aromatic N) is 1. The third kappa shape index (κ3) is 2.40. The van der Waals surface area contributed by atoms with E-state index in [0.29, 0.717) is 6.61 Å². The van der Waals surface area contributed by atoms with Gasteiger partial charge in [0, 0.05) is 13.7 Å². The Balaban J connectivity index is 2.45. The minimum absolute atomic E-state index is 0.148. The summed E-state index contributed by atoms with van der Waals surface area (Å²) >= 11 is 0. The topological polar surface area (TPSA) is 64.8 Å². The molecule has 0 aliphatic carbocycles. The molecule has 0 spiro atoms. The van der Waals surface area contributed by atoms with Gasteiger partial charge in [0.05, 0.1) is 13.2 Å². The van der Waals surface area contributed by atoms with E-state index in [1.807, 2.05) is 0 Å². The smallest absolute Gasteiger partial charge is 0.265 e. The summed E-state index contributed by atoms with van der Waals surface area (Å²) in [6.07, 6.45) is 1.68. The van der Waals surface area contributed by atoms with Crippen LogP contribution in [0.25, 0.3) is 0 Å². The predicted octanol–water partition coefficient (Wildman–Crippen LogP) is -0.487. The number of hydrogen-bond donors (Lipinski definition) is 1. The van der Waals surface area contributed by atoms with E-state index in [1.54, 1.807) is 0 Å². The number of hydroxylamine groups is 2. The van der Waals surface area contributed by atoms with E-state index >= 15 is 0 Å². The van der Waals surface area contributed by atoms with Crippen LogP contribution >= 0.6 is 0 Å². The lowest BCUT2D eigenvalue weighted by molar-refractivity contribution is -0.172. The summed E-state index contributed by atoms with van der Waals surface area (Å²) in [5, 5.41) is 1.13. The van der Waals surface area contributed by atoms with Crippen molar-refractivity contribution < 1.29 is 14.4 Å². The highest BCUT2D eigenvalue weighted by atomic mass is 16.7. The van der Waals surface area contributed by atoms with Crippen LogP contribution in [-0.4, -0.2) is 43.9 Å². The molecule has 1 amide bonds. The summed E-state index contributed by atoms with van der Waals surface area (Å²) in [4.78, 5) is 16.2. The summed E-state index contributed by atoms with van der Waals surface area (Å²) in [6.45, 7) is 0.697. The fourth-order valence-electron chi connectivity index (χ4n) is 1.34. The lowest BCUT2D eigenvalue weighted by Gasteiger charge is -2.22. The lowest BCUT2D eigenvalue weighted by atomic mass is 10.1. The van der Waals surface area contributed by atoms with E-state index in [4.69, 9.17) is 15.3 Å². The monoisotopic (exact) mass is 188 g/mol. The van der Waals surface area contributed by atoms with Crippen molar-refractivity contribution in [3.05, 3.63) is 0 Å². The second kappa shape index (κ2) is 4.55. The predicted molar refractivity (Wildman–Crippen MR) is 46.7 cm³/mol. The highest BCUT2D eigenvalue weighted by Gasteiger charge is 2.30. The van der Waals surface area contributed by atoms with Crippen LogP contribution in [0, 0.1) is 0 Å². The molecule has 13 heavy (non-hydrogen) atoms. The second-order valence-corrected chi connectivity index (χ2v) is 3.10. The summed E-state index contributed by atoms with van der Waals surface area (Å²) in [6, 6.07) is -0.604. The third-order valence-electron chi connectivity index (χ3n) is 2.23. The highest BCUT2D eigenvalue weighted by Crippen LogP contribution is 2.15. The Bertz CT molecular complexity index is 180. The van der Waals surface area contributed by atoms with E-state index in [1.165, 1.54) is 14.2 Å². The summed E-state index contributed by atoms with van der Waals surface area (Å²) < 4.78 is 5.30. The second-order valence-electron chi connectivity index (χ2n) is 3.10. The lowest BCUT2D eigenvalue weighted by Crippen LogP contribution is -2.48. The van der Waals surface area contributed by atoms with Crippen LogP contribution in [0.15, 0.2) is 0 Å². The van der Waals surface area contributed by atoms with Crippen LogP contribution in [0.5, 0.6) is 0 Å². The molecule has 5 heteroatoms. The zero-order chi connectivity index (χ0) is 9.84. The SMILES string of the molecule is CON(C)C(=O)[C@@H](N)[C@@H]1CCCO1.